The highest BCUT2D eigenvalue weighted by atomic mass is 16.6. The maximum atomic E-state index is 13.6. The van der Waals surface area contributed by atoms with Crippen molar-refractivity contribution in [2.75, 3.05) is 6.61 Å². The highest BCUT2D eigenvalue weighted by Crippen LogP contribution is 2.67. The van der Waals surface area contributed by atoms with Crippen molar-refractivity contribution in [3.05, 3.63) is 23.8 Å². The van der Waals surface area contributed by atoms with Crippen LogP contribution in [-0.4, -0.2) is 46.9 Å². The second-order valence-electron chi connectivity index (χ2n) is 11.4. The fourth-order valence-electron chi connectivity index (χ4n) is 7.85. The normalized spacial score (nSPS) is 39.7. The first-order valence-corrected chi connectivity index (χ1v) is 13.0. The van der Waals surface area contributed by atoms with E-state index in [1.54, 1.807) is 12.2 Å². The van der Waals surface area contributed by atoms with Crippen LogP contribution >= 0.6 is 0 Å². The Morgan fingerprint density at radius 3 is 2.63 bits per heavy atom. The summed E-state index contributed by atoms with van der Waals surface area (Å²) in [6.07, 6.45) is 9.17. The quantitative estimate of drug-likeness (QED) is 0.544. The van der Waals surface area contributed by atoms with Crippen molar-refractivity contribution in [1.29, 1.82) is 0 Å². The molecule has 4 rings (SSSR count). The van der Waals surface area contributed by atoms with Gasteiger partial charge in [0, 0.05) is 30.1 Å². The van der Waals surface area contributed by atoms with E-state index in [9.17, 15) is 24.3 Å². The molecule has 0 saturated heterocycles. The third kappa shape index (κ3) is 4.09. The van der Waals surface area contributed by atoms with Gasteiger partial charge in [0.1, 0.15) is 0 Å². The fourth-order valence-corrected chi connectivity index (χ4v) is 7.85. The molecule has 192 valence electrons. The zero-order valence-corrected chi connectivity index (χ0v) is 21.3. The molecule has 7 nitrogen and oxygen atoms in total. The Hall–Kier alpha value is -2.28. The summed E-state index contributed by atoms with van der Waals surface area (Å²) in [6.45, 7) is 6.86. The van der Waals surface area contributed by atoms with E-state index in [0.717, 1.165) is 24.8 Å². The minimum absolute atomic E-state index is 0.0130. The van der Waals surface area contributed by atoms with Gasteiger partial charge in [-0.1, -0.05) is 38.8 Å². The van der Waals surface area contributed by atoms with Gasteiger partial charge in [-0.05, 0) is 62.5 Å². The molecule has 0 spiro atoms. The summed E-state index contributed by atoms with van der Waals surface area (Å²) in [5.74, 6) is -1.31. The molecule has 0 aromatic rings. The van der Waals surface area contributed by atoms with E-state index in [1.165, 1.54) is 6.92 Å². The van der Waals surface area contributed by atoms with Gasteiger partial charge in [-0.25, -0.2) is 0 Å². The summed E-state index contributed by atoms with van der Waals surface area (Å²) in [5.41, 5.74) is -1.56. The number of allylic oxidation sites excluding steroid dienone is 4. The van der Waals surface area contributed by atoms with Crippen LogP contribution in [0.25, 0.3) is 0 Å². The zero-order chi connectivity index (χ0) is 25.6. The number of Topliss-reactive ketones (excluding diaryl/α,β-unsaturated/α-hetero) is 1. The van der Waals surface area contributed by atoms with Gasteiger partial charge >= 0.3 is 11.9 Å². The van der Waals surface area contributed by atoms with E-state index in [4.69, 9.17) is 9.47 Å². The van der Waals surface area contributed by atoms with Crippen molar-refractivity contribution in [1.82, 2.24) is 0 Å². The van der Waals surface area contributed by atoms with Gasteiger partial charge in [-0.15, -0.1) is 0 Å². The van der Waals surface area contributed by atoms with Crippen LogP contribution in [-0.2, 0) is 28.7 Å². The van der Waals surface area contributed by atoms with E-state index in [-0.39, 0.29) is 30.0 Å². The number of rotatable bonds is 7. The summed E-state index contributed by atoms with van der Waals surface area (Å²) in [4.78, 5) is 50.0. The lowest BCUT2D eigenvalue weighted by Crippen LogP contribution is -2.63. The Morgan fingerprint density at radius 2 is 1.94 bits per heavy atom. The molecule has 1 N–H and O–H groups in total. The Bertz CT molecular complexity index is 980. The Kier molecular flexibility index (Phi) is 6.86. The lowest BCUT2D eigenvalue weighted by molar-refractivity contribution is -0.201. The van der Waals surface area contributed by atoms with Crippen LogP contribution in [0.1, 0.15) is 79.1 Å². The third-order valence-electron chi connectivity index (χ3n) is 9.50. The molecule has 0 aliphatic heterocycles. The molecule has 0 radical (unpaired) electrons. The summed E-state index contributed by atoms with van der Waals surface area (Å²) < 4.78 is 11.1. The largest absolute Gasteiger partial charge is 0.458 e. The zero-order valence-electron chi connectivity index (χ0n) is 21.3. The minimum Gasteiger partial charge on any atom is -0.458 e. The van der Waals surface area contributed by atoms with E-state index in [2.05, 4.69) is 6.92 Å². The Labute approximate surface area is 207 Å². The lowest BCUT2D eigenvalue weighted by Gasteiger charge is -2.59. The first-order chi connectivity index (χ1) is 16.5. The number of unbranched alkanes of at least 4 members (excludes halogenated alkanes) is 1. The van der Waals surface area contributed by atoms with Crippen molar-refractivity contribution in [2.24, 2.45) is 28.6 Å². The number of esters is 2. The van der Waals surface area contributed by atoms with E-state index in [0.29, 0.717) is 25.7 Å². The number of ketones is 2. The smallest absolute Gasteiger partial charge is 0.306 e. The maximum Gasteiger partial charge on any atom is 0.306 e. The number of aliphatic hydroxyl groups is 1. The molecule has 3 saturated carbocycles. The average Bonchev–Trinajstić information content (AvgIpc) is 3.08. The molecule has 0 aromatic carbocycles. The summed E-state index contributed by atoms with van der Waals surface area (Å²) in [5, 5.41) is 11.6. The molecule has 7 atom stereocenters. The first-order valence-electron chi connectivity index (χ1n) is 13.0. The fraction of sp³-hybridized carbons (Fsp3) is 0.714. The topological polar surface area (TPSA) is 107 Å². The van der Waals surface area contributed by atoms with Crippen molar-refractivity contribution in [2.45, 2.75) is 90.8 Å². The molecule has 0 bridgehead atoms. The Balaban J connectivity index is 1.70. The average molecular weight is 487 g/mol. The van der Waals surface area contributed by atoms with Crippen molar-refractivity contribution in [3.63, 3.8) is 0 Å². The predicted octanol–water partition coefficient (Wildman–Crippen LogP) is 3.87. The number of ether oxygens (including phenoxy) is 2. The van der Waals surface area contributed by atoms with Crippen LogP contribution in [0.3, 0.4) is 0 Å². The molecule has 0 heterocycles. The SMILES string of the molecule is CCCCC(=O)O[C@]1(C(=O)COC(C)=O)CCC2C3CCC4=CC(=O)C=C[C@]4(C)C3C(O)C[C@@]21C. The molecule has 0 amide bonds. The molecule has 4 aliphatic carbocycles. The van der Waals surface area contributed by atoms with E-state index in [1.807, 2.05) is 19.9 Å². The second kappa shape index (κ2) is 9.30. The van der Waals surface area contributed by atoms with Crippen LogP contribution in [0.15, 0.2) is 23.8 Å². The molecule has 35 heavy (non-hydrogen) atoms. The number of hydrogen-bond acceptors (Lipinski definition) is 7. The monoisotopic (exact) mass is 486 g/mol. The molecule has 4 aliphatic rings. The minimum atomic E-state index is -1.43. The third-order valence-corrected chi connectivity index (χ3v) is 9.50. The van der Waals surface area contributed by atoms with Crippen LogP contribution in [0.5, 0.6) is 0 Å². The van der Waals surface area contributed by atoms with E-state index >= 15 is 0 Å². The molecule has 7 heteroatoms. The number of hydrogen-bond donors (Lipinski definition) is 1. The number of fused-ring (bicyclic) bond motifs is 5. The highest BCUT2D eigenvalue weighted by Gasteiger charge is 2.70. The molecule has 3 fully saturated rings. The molecule has 0 aromatic heterocycles. The summed E-state index contributed by atoms with van der Waals surface area (Å²) in [6, 6.07) is 0. The lowest BCUT2D eigenvalue weighted by atomic mass is 9.46. The van der Waals surface area contributed by atoms with Crippen LogP contribution < -0.4 is 0 Å². The molecular formula is C28H38O7. The molecule has 4 unspecified atom stereocenters. The maximum absolute atomic E-state index is 13.6. The number of carbonyl (C=O) groups excluding carboxylic acids is 4. The molecular weight excluding hydrogens is 448 g/mol. The van der Waals surface area contributed by atoms with Gasteiger partial charge in [0.25, 0.3) is 0 Å². The number of carbonyl (C=O) groups is 4. The summed E-state index contributed by atoms with van der Waals surface area (Å²) in [7, 11) is 0. The van der Waals surface area contributed by atoms with Crippen molar-refractivity contribution >= 4 is 23.5 Å². The van der Waals surface area contributed by atoms with Gasteiger partial charge in [0.05, 0.1) is 6.10 Å². The van der Waals surface area contributed by atoms with Crippen molar-refractivity contribution < 1.29 is 33.8 Å². The van der Waals surface area contributed by atoms with Gasteiger partial charge in [-0.3, -0.25) is 19.2 Å². The van der Waals surface area contributed by atoms with Crippen molar-refractivity contribution in [3.8, 4) is 0 Å². The van der Waals surface area contributed by atoms with Gasteiger partial charge in [0.15, 0.2) is 18.0 Å². The Morgan fingerprint density at radius 1 is 1.20 bits per heavy atom. The van der Waals surface area contributed by atoms with Gasteiger partial charge in [0.2, 0.25) is 5.78 Å². The highest BCUT2D eigenvalue weighted by molar-refractivity contribution is 6.01. The van der Waals surface area contributed by atoms with Crippen LogP contribution in [0.2, 0.25) is 0 Å². The predicted molar refractivity (Wildman–Crippen MR) is 128 cm³/mol. The standard InChI is InChI=1S/C28H38O7/c1-5-6-7-24(33)35-28(23(32)16-34-17(2)29)13-11-21-20-9-8-18-14-19(30)10-12-26(18,3)25(20)22(31)15-27(21,28)4/h10,12,14,20-22,25,31H,5-9,11,13,15-16H2,1-4H3/t20?,21?,22?,25?,26-,27-,28-/m0/s1. The second-order valence-corrected chi connectivity index (χ2v) is 11.4. The van der Waals surface area contributed by atoms with Gasteiger partial charge in [-0.2, -0.15) is 0 Å². The van der Waals surface area contributed by atoms with E-state index < -0.39 is 46.9 Å². The van der Waals surface area contributed by atoms with Crippen LogP contribution in [0, 0.1) is 28.6 Å². The number of aliphatic hydroxyl groups excluding tert-OH is 1. The van der Waals surface area contributed by atoms with Crippen LogP contribution in [0.4, 0.5) is 0 Å². The first kappa shape index (κ1) is 25.8. The van der Waals surface area contributed by atoms with Gasteiger partial charge < -0.3 is 14.6 Å². The summed E-state index contributed by atoms with van der Waals surface area (Å²) >= 11 is 0.